The van der Waals surface area contributed by atoms with E-state index in [1.807, 2.05) is 49.5 Å². The van der Waals surface area contributed by atoms with Gasteiger partial charge < -0.3 is 10.1 Å². The highest BCUT2D eigenvalue weighted by molar-refractivity contribution is 7.14. The fourth-order valence-corrected chi connectivity index (χ4v) is 2.88. The van der Waals surface area contributed by atoms with Crippen molar-refractivity contribution in [1.82, 2.24) is 9.97 Å². The third-order valence-electron chi connectivity index (χ3n) is 3.21. The highest BCUT2D eigenvalue weighted by atomic mass is 32.1. The molecule has 2 heterocycles. The zero-order valence-electron chi connectivity index (χ0n) is 12.5. The zero-order chi connectivity index (χ0) is 15.4. The van der Waals surface area contributed by atoms with Gasteiger partial charge in [-0.3, -0.25) is 4.98 Å². The fourth-order valence-electron chi connectivity index (χ4n) is 2.14. The van der Waals surface area contributed by atoms with Crippen LogP contribution in [0.4, 0.5) is 10.8 Å². The number of ether oxygens (including phenoxy) is 1. The van der Waals surface area contributed by atoms with E-state index in [9.17, 15) is 0 Å². The summed E-state index contributed by atoms with van der Waals surface area (Å²) in [6.45, 7) is 2.61. The molecule has 0 saturated heterocycles. The van der Waals surface area contributed by atoms with Gasteiger partial charge in [0.05, 0.1) is 12.3 Å². The van der Waals surface area contributed by atoms with Crippen molar-refractivity contribution < 1.29 is 4.74 Å². The van der Waals surface area contributed by atoms with Gasteiger partial charge in [0.25, 0.3) is 0 Å². The SMILES string of the molecule is COCc1ccc(Nc2nc(-c3ccnc(C)c3)cs2)cc1. The van der Waals surface area contributed by atoms with Gasteiger partial charge >= 0.3 is 0 Å². The predicted molar refractivity (Wildman–Crippen MR) is 90.5 cm³/mol. The number of hydrogen-bond acceptors (Lipinski definition) is 5. The molecule has 0 aliphatic carbocycles. The number of thiazole rings is 1. The molecule has 0 amide bonds. The highest BCUT2D eigenvalue weighted by Gasteiger charge is 2.05. The van der Waals surface area contributed by atoms with E-state index >= 15 is 0 Å². The topological polar surface area (TPSA) is 47.0 Å². The molecule has 22 heavy (non-hydrogen) atoms. The van der Waals surface area contributed by atoms with Crippen LogP contribution in [-0.2, 0) is 11.3 Å². The molecule has 0 unspecified atom stereocenters. The highest BCUT2D eigenvalue weighted by Crippen LogP contribution is 2.27. The number of hydrogen-bond donors (Lipinski definition) is 1. The maximum absolute atomic E-state index is 5.11. The van der Waals surface area contributed by atoms with Crippen LogP contribution < -0.4 is 5.32 Å². The number of benzene rings is 1. The van der Waals surface area contributed by atoms with Gasteiger partial charge in [0.1, 0.15) is 0 Å². The van der Waals surface area contributed by atoms with E-state index in [0.29, 0.717) is 6.61 Å². The molecule has 0 radical (unpaired) electrons. The monoisotopic (exact) mass is 311 g/mol. The van der Waals surface area contributed by atoms with Gasteiger partial charge in [-0.05, 0) is 36.8 Å². The van der Waals surface area contributed by atoms with Crippen LogP contribution in [0.1, 0.15) is 11.3 Å². The standard InChI is InChI=1S/C17H17N3OS/c1-12-9-14(7-8-18-12)16-11-22-17(20-16)19-15-5-3-13(4-6-15)10-21-2/h3-9,11H,10H2,1-2H3,(H,19,20). The number of pyridine rings is 1. The Bertz CT molecular complexity index is 753. The Hall–Kier alpha value is -2.24. The lowest BCUT2D eigenvalue weighted by Crippen LogP contribution is -1.91. The average Bonchev–Trinajstić information content (AvgIpc) is 2.98. The van der Waals surface area contributed by atoms with E-state index in [-0.39, 0.29) is 0 Å². The normalized spacial score (nSPS) is 10.6. The number of nitrogens with zero attached hydrogens (tertiary/aromatic N) is 2. The van der Waals surface area contributed by atoms with Crippen LogP contribution in [0.3, 0.4) is 0 Å². The molecule has 2 aromatic heterocycles. The van der Waals surface area contributed by atoms with Crippen molar-refractivity contribution in [2.75, 3.05) is 12.4 Å². The van der Waals surface area contributed by atoms with Crippen LogP contribution in [0, 0.1) is 6.92 Å². The number of rotatable bonds is 5. The second-order valence-electron chi connectivity index (χ2n) is 4.98. The van der Waals surface area contributed by atoms with E-state index in [1.54, 1.807) is 18.4 Å². The van der Waals surface area contributed by atoms with Gasteiger partial charge in [-0.15, -0.1) is 11.3 Å². The van der Waals surface area contributed by atoms with Crippen LogP contribution in [0.25, 0.3) is 11.3 Å². The molecule has 112 valence electrons. The minimum absolute atomic E-state index is 0.628. The van der Waals surface area contributed by atoms with Crippen molar-refractivity contribution in [3.05, 3.63) is 59.2 Å². The van der Waals surface area contributed by atoms with Crippen LogP contribution in [-0.4, -0.2) is 17.1 Å². The van der Waals surface area contributed by atoms with Crippen LogP contribution in [0.2, 0.25) is 0 Å². The molecule has 0 aliphatic rings. The molecule has 0 atom stereocenters. The van der Waals surface area contributed by atoms with Crippen molar-refractivity contribution >= 4 is 22.2 Å². The quantitative estimate of drug-likeness (QED) is 0.758. The molecular formula is C17H17N3OS. The maximum atomic E-state index is 5.11. The molecule has 5 heteroatoms. The Labute approximate surface area is 133 Å². The second kappa shape index (κ2) is 6.68. The van der Waals surface area contributed by atoms with Crippen molar-refractivity contribution in [3.63, 3.8) is 0 Å². The molecule has 0 saturated carbocycles. The third-order valence-corrected chi connectivity index (χ3v) is 3.97. The van der Waals surface area contributed by atoms with Crippen molar-refractivity contribution in [2.45, 2.75) is 13.5 Å². The van der Waals surface area contributed by atoms with E-state index < -0.39 is 0 Å². The summed E-state index contributed by atoms with van der Waals surface area (Å²) in [5.41, 5.74) is 5.22. The first-order chi connectivity index (χ1) is 10.7. The Morgan fingerprint density at radius 1 is 1.18 bits per heavy atom. The van der Waals surface area contributed by atoms with E-state index in [0.717, 1.165) is 33.3 Å². The Kier molecular flexibility index (Phi) is 4.46. The summed E-state index contributed by atoms with van der Waals surface area (Å²) in [6, 6.07) is 12.2. The van der Waals surface area contributed by atoms with Gasteiger partial charge in [0.2, 0.25) is 0 Å². The molecular weight excluding hydrogens is 294 g/mol. The molecule has 0 spiro atoms. The smallest absolute Gasteiger partial charge is 0.187 e. The lowest BCUT2D eigenvalue weighted by molar-refractivity contribution is 0.185. The van der Waals surface area contributed by atoms with Gasteiger partial charge in [0, 0.05) is 35.6 Å². The lowest BCUT2D eigenvalue weighted by atomic mass is 10.2. The number of anilines is 2. The predicted octanol–water partition coefficient (Wildman–Crippen LogP) is 4.40. The summed E-state index contributed by atoms with van der Waals surface area (Å²) >= 11 is 1.59. The minimum atomic E-state index is 0.628. The third kappa shape index (κ3) is 3.50. The van der Waals surface area contributed by atoms with Crippen molar-refractivity contribution in [2.24, 2.45) is 0 Å². The molecule has 4 nitrogen and oxygen atoms in total. The average molecular weight is 311 g/mol. The van der Waals surface area contributed by atoms with Crippen LogP contribution in [0.5, 0.6) is 0 Å². The summed E-state index contributed by atoms with van der Waals surface area (Å²) in [5.74, 6) is 0. The van der Waals surface area contributed by atoms with Gasteiger partial charge in [-0.2, -0.15) is 0 Å². The number of methoxy groups -OCH3 is 1. The van der Waals surface area contributed by atoms with Crippen molar-refractivity contribution in [1.29, 1.82) is 0 Å². The summed E-state index contributed by atoms with van der Waals surface area (Å²) in [7, 11) is 1.70. The molecule has 0 fully saturated rings. The fraction of sp³-hybridized carbons (Fsp3) is 0.176. The maximum Gasteiger partial charge on any atom is 0.187 e. The second-order valence-corrected chi connectivity index (χ2v) is 5.84. The lowest BCUT2D eigenvalue weighted by Gasteiger charge is -2.04. The molecule has 3 aromatic rings. The summed E-state index contributed by atoms with van der Waals surface area (Å²) in [6.07, 6.45) is 1.81. The van der Waals surface area contributed by atoms with Gasteiger partial charge in [0.15, 0.2) is 5.13 Å². The first-order valence-electron chi connectivity index (χ1n) is 6.98. The van der Waals surface area contributed by atoms with Crippen molar-refractivity contribution in [3.8, 4) is 11.3 Å². The Balaban J connectivity index is 1.74. The van der Waals surface area contributed by atoms with Gasteiger partial charge in [-0.1, -0.05) is 12.1 Å². The molecule has 0 aliphatic heterocycles. The molecule has 1 aromatic carbocycles. The summed E-state index contributed by atoms with van der Waals surface area (Å²) in [5, 5.41) is 6.26. The number of nitrogens with one attached hydrogen (secondary N) is 1. The van der Waals surface area contributed by atoms with E-state index in [4.69, 9.17) is 4.74 Å². The van der Waals surface area contributed by atoms with Crippen LogP contribution in [0.15, 0.2) is 48.0 Å². The number of aryl methyl sites for hydroxylation is 1. The van der Waals surface area contributed by atoms with Gasteiger partial charge in [-0.25, -0.2) is 4.98 Å². The van der Waals surface area contributed by atoms with E-state index in [2.05, 4.69) is 20.7 Å². The molecule has 3 rings (SSSR count). The van der Waals surface area contributed by atoms with Crippen LogP contribution >= 0.6 is 11.3 Å². The first-order valence-corrected chi connectivity index (χ1v) is 7.86. The van der Waals surface area contributed by atoms with E-state index in [1.165, 1.54) is 0 Å². The Morgan fingerprint density at radius 2 is 2.00 bits per heavy atom. The largest absolute Gasteiger partial charge is 0.380 e. The summed E-state index contributed by atoms with van der Waals surface area (Å²) in [4.78, 5) is 8.84. The molecule has 1 N–H and O–H groups in total. The zero-order valence-corrected chi connectivity index (χ0v) is 13.4. The Morgan fingerprint density at radius 3 is 2.73 bits per heavy atom. The first kappa shape index (κ1) is 14.7. The summed E-state index contributed by atoms with van der Waals surface area (Å²) < 4.78 is 5.11. The number of aromatic nitrogens is 2. The molecule has 0 bridgehead atoms. The minimum Gasteiger partial charge on any atom is -0.380 e.